The minimum absolute atomic E-state index is 0. The number of aromatic nitrogens is 3. The van der Waals surface area contributed by atoms with Crippen LogP contribution in [0.2, 0.25) is 0 Å². The average Bonchev–Trinajstić information content (AvgIpc) is 3.10. The summed E-state index contributed by atoms with van der Waals surface area (Å²) in [5.41, 5.74) is 2.53. The Kier molecular flexibility index (Phi) is 5.51. The van der Waals surface area contributed by atoms with Crippen molar-refractivity contribution in [3.63, 3.8) is 0 Å². The number of hydrogen-bond acceptors (Lipinski definition) is 7. The predicted octanol–water partition coefficient (Wildman–Crippen LogP) is 3.06. The first kappa shape index (κ1) is 18.0. The minimum Gasteiger partial charge on any atom is -0.449 e. The maximum Gasteiger partial charge on any atom is 0.412 e. The van der Waals surface area contributed by atoms with E-state index in [-0.39, 0.29) is 17.8 Å². The van der Waals surface area contributed by atoms with Gasteiger partial charge in [0.2, 0.25) is 0 Å². The maximum atomic E-state index is 12.2. The zero-order chi connectivity index (χ0) is 16.4. The molecule has 1 amide bonds. The Labute approximate surface area is 156 Å². The molecule has 134 valence electrons. The molecule has 0 radical (unpaired) electrons. The second kappa shape index (κ2) is 7.63. The van der Waals surface area contributed by atoms with Gasteiger partial charge in [-0.2, -0.15) is 0 Å². The van der Waals surface area contributed by atoms with Crippen molar-refractivity contribution in [3.05, 3.63) is 24.1 Å². The molecule has 3 aliphatic heterocycles. The highest BCUT2D eigenvalue weighted by Gasteiger charge is 2.40. The van der Waals surface area contributed by atoms with Crippen molar-refractivity contribution < 1.29 is 9.53 Å². The summed E-state index contributed by atoms with van der Waals surface area (Å²) < 4.78 is 5.52. The third-order valence-corrected chi connectivity index (χ3v) is 5.82. The molecule has 5 heterocycles. The van der Waals surface area contributed by atoms with E-state index in [1.807, 2.05) is 0 Å². The van der Waals surface area contributed by atoms with Gasteiger partial charge in [-0.1, -0.05) is 0 Å². The zero-order valence-electron chi connectivity index (χ0n) is 13.7. The topological polar surface area (TPSA) is 80.2 Å². The number of fused-ring (bicyclic) bond motifs is 3. The van der Waals surface area contributed by atoms with E-state index >= 15 is 0 Å². The van der Waals surface area contributed by atoms with Crippen molar-refractivity contribution in [2.24, 2.45) is 5.41 Å². The van der Waals surface area contributed by atoms with E-state index in [1.165, 1.54) is 11.3 Å². The summed E-state index contributed by atoms with van der Waals surface area (Å²) in [7, 11) is 0. The van der Waals surface area contributed by atoms with Crippen molar-refractivity contribution in [1.29, 1.82) is 0 Å². The van der Waals surface area contributed by atoms with Crippen LogP contribution in [0.1, 0.15) is 19.3 Å². The SMILES string of the molecule is Cl.O=C(Nc1ncsc1-c1cnccn1)OCC12CCN(CC1)CC2. The van der Waals surface area contributed by atoms with Gasteiger partial charge in [-0.15, -0.1) is 23.7 Å². The Bertz CT molecular complexity index is 705. The Hall–Kier alpha value is -1.77. The second-order valence-corrected chi connectivity index (χ2v) is 7.27. The van der Waals surface area contributed by atoms with Crippen LogP contribution < -0.4 is 5.32 Å². The highest BCUT2D eigenvalue weighted by Crippen LogP contribution is 2.40. The molecule has 0 aromatic carbocycles. The number of piperidine rings is 3. The number of nitrogens with one attached hydrogen (secondary N) is 1. The fourth-order valence-corrected chi connectivity index (χ4v) is 4.10. The zero-order valence-corrected chi connectivity index (χ0v) is 15.3. The predicted molar refractivity (Wildman–Crippen MR) is 98.1 cm³/mol. The molecule has 9 heteroatoms. The van der Waals surface area contributed by atoms with Crippen LogP contribution in [-0.4, -0.2) is 52.2 Å². The van der Waals surface area contributed by atoms with E-state index in [4.69, 9.17) is 4.74 Å². The van der Waals surface area contributed by atoms with E-state index in [9.17, 15) is 4.79 Å². The molecule has 3 aliphatic rings. The summed E-state index contributed by atoms with van der Waals surface area (Å²) in [5, 5.41) is 2.74. The highest BCUT2D eigenvalue weighted by molar-refractivity contribution is 7.13. The summed E-state index contributed by atoms with van der Waals surface area (Å²) in [6.07, 6.45) is 7.77. The van der Waals surface area contributed by atoms with E-state index in [2.05, 4.69) is 25.2 Å². The second-order valence-electron chi connectivity index (χ2n) is 6.41. The standard InChI is InChI=1S/C16H19N5O2S.ClH/c22-15(23-10-16-1-6-21(7-2-16)8-3-16)20-14-13(24-11-19-14)12-9-17-4-5-18-12;/h4-5,9,11H,1-3,6-8,10H2,(H,20,22);1H. The van der Waals surface area contributed by atoms with Gasteiger partial charge in [0, 0.05) is 17.8 Å². The van der Waals surface area contributed by atoms with E-state index in [1.54, 1.807) is 24.1 Å². The summed E-state index contributed by atoms with van der Waals surface area (Å²) in [4.78, 5) is 28.0. The van der Waals surface area contributed by atoms with Gasteiger partial charge in [0.15, 0.2) is 5.82 Å². The molecule has 25 heavy (non-hydrogen) atoms. The molecule has 7 nitrogen and oxygen atoms in total. The van der Waals surface area contributed by atoms with Gasteiger partial charge in [-0.3, -0.25) is 15.3 Å². The number of halogens is 1. The molecule has 2 aromatic heterocycles. The van der Waals surface area contributed by atoms with Crippen LogP contribution in [0, 0.1) is 5.41 Å². The molecule has 0 spiro atoms. The summed E-state index contributed by atoms with van der Waals surface area (Å²) in [6, 6.07) is 0. The van der Waals surface area contributed by atoms with Crippen molar-refractivity contribution in [3.8, 4) is 10.6 Å². The number of carbonyl (C=O) groups is 1. The molecule has 2 bridgehead atoms. The van der Waals surface area contributed by atoms with Gasteiger partial charge in [0.25, 0.3) is 0 Å². The van der Waals surface area contributed by atoms with Gasteiger partial charge < -0.3 is 9.64 Å². The maximum absolute atomic E-state index is 12.2. The van der Waals surface area contributed by atoms with E-state index < -0.39 is 6.09 Å². The van der Waals surface area contributed by atoms with Crippen LogP contribution in [0.3, 0.4) is 0 Å². The third-order valence-electron chi connectivity index (χ3n) is 4.97. The Balaban J connectivity index is 0.00000182. The number of amides is 1. The lowest BCUT2D eigenvalue weighted by Crippen LogP contribution is -2.50. The molecule has 3 fully saturated rings. The molecular formula is C16H20ClN5O2S. The fraction of sp³-hybridized carbons (Fsp3) is 0.500. The first-order valence-corrected chi connectivity index (χ1v) is 8.98. The molecule has 0 unspecified atom stereocenters. The minimum atomic E-state index is -0.451. The van der Waals surface area contributed by atoms with E-state index in [0.29, 0.717) is 18.1 Å². The van der Waals surface area contributed by atoms with Crippen LogP contribution in [0.4, 0.5) is 10.6 Å². The monoisotopic (exact) mass is 381 g/mol. The molecule has 5 rings (SSSR count). The van der Waals surface area contributed by atoms with Gasteiger partial charge in [0.1, 0.15) is 5.69 Å². The van der Waals surface area contributed by atoms with Crippen molar-refractivity contribution in [1.82, 2.24) is 19.9 Å². The number of anilines is 1. The van der Waals surface area contributed by atoms with Crippen molar-refractivity contribution >= 4 is 35.7 Å². The highest BCUT2D eigenvalue weighted by atomic mass is 35.5. The van der Waals surface area contributed by atoms with E-state index in [0.717, 1.165) is 43.8 Å². The summed E-state index contributed by atoms with van der Waals surface area (Å²) >= 11 is 1.41. The lowest BCUT2D eigenvalue weighted by molar-refractivity contribution is -0.0190. The van der Waals surface area contributed by atoms with Crippen LogP contribution in [0.15, 0.2) is 24.1 Å². The molecule has 1 N–H and O–H groups in total. The molecular weight excluding hydrogens is 362 g/mol. The number of hydrogen-bond donors (Lipinski definition) is 1. The van der Waals surface area contributed by atoms with Crippen molar-refractivity contribution in [2.45, 2.75) is 19.3 Å². The quantitative estimate of drug-likeness (QED) is 0.876. The normalized spacial score (nSPS) is 24.4. The lowest BCUT2D eigenvalue weighted by atomic mass is 9.73. The number of nitrogens with zero attached hydrogens (tertiary/aromatic N) is 4. The number of rotatable bonds is 4. The van der Waals surface area contributed by atoms with Crippen molar-refractivity contribution in [2.75, 3.05) is 31.6 Å². The lowest BCUT2D eigenvalue weighted by Gasteiger charge is -2.47. The first-order chi connectivity index (χ1) is 11.7. The smallest absolute Gasteiger partial charge is 0.412 e. The Morgan fingerprint density at radius 1 is 1.24 bits per heavy atom. The first-order valence-electron chi connectivity index (χ1n) is 8.10. The van der Waals surface area contributed by atoms with Crippen LogP contribution in [-0.2, 0) is 4.74 Å². The summed E-state index contributed by atoms with van der Waals surface area (Å²) in [6.45, 7) is 3.84. The molecule has 2 aromatic rings. The van der Waals surface area contributed by atoms with Gasteiger partial charge >= 0.3 is 6.09 Å². The van der Waals surface area contributed by atoms with Crippen LogP contribution in [0.25, 0.3) is 10.6 Å². The molecule has 3 saturated heterocycles. The number of thiazole rings is 1. The average molecular weight is 382 g/mol. The Morgan fingerprint density at radius 2 is 2.00 bits per heavy atom. The Morgan fingerprint density at radius 3 is 2.68 bits per heavy atom. The largest absolute Gasteiger partial charge is 0.449 e. The third kappa shape index (κ3) is 3.91. The van der Waals surface area contributed by atoms with Crippen LogP contribution in [0.5, 0.6) is 0 Å². The number of ether oxygens (including phenoxy) is 1. The molecule has 0 atom stereocenters. The molecule has 0 saturated carbocycles. The number of carbonyl (C=O) groups excluding carboxylic acids is 1. The van der Waals surface area contributed by atoms with Gasteiger partial charge in [-0.05, 0) is 38.9 Å². The summed E-state index contributed by atoms with van der Waals surface area (Å²) in [5.74, 6) is 0.474. The fourth-order valence-electron chi connectivity index (χ4n) is 3.40. The van der Waals surface area contributed by atoms with Gasteiger partial charge in [0.05, 0.1) is 23.2 Å². The molecule has 0 aliphatic carbocycles. The van der Waals surface area contributed by atoms with Crippen LogP contribution >= 0.6 is 23.7 Å². The van der Waals surface area contributed by atoms with Gasteiger partial charge in [-0.25, -0.2) is 9.78 Å².